The highest BCUT2D eigenvalue weighted by Crippen LogP contribution is 2.27. The van der Waals surface area contributed by atoms with Gasteiger partial charge < -0.3 is 15.1 Å². The van der Waals surface area contributed by atoms with Crippen molar-refractivity contribution in [2.75, 3.05) is 14.1 Å². The maximum absolute atomic E-state index is 12.1. The van der Waals surface area contributed by atoms with Gasteiger partial charge in [0, 0.05) is 37.3 Å². The summed E-state index contributed by atoms with van der Waals surface area (Å²) >= 11 is 0. The number of aryl methyl sites for hydroxylation is 1. The van der Waals surface area contributed by atoms with Gasteiger partial charge in [-0.25, -0.2) is 4.98 Å². The number of benzene rings is 2. The molecule has 2 aromatic heterocycles. The minimum Gasteiger partial charge on any atom is -0.415 e. The fraction of sp³-hybridized carbons (Fsp3) is 0.174. The lowest BCUT2D eigenvalue weighted by atomic mass is 10.1. The van der Waals surface area contributed by atoms with Crippen LogP contribution in [0.5, 0.6) is 0 Å². The van der Waals surface area contributed by atoms with Gasteiger partial charge in [-0.15, -0.1) is 10.2 Å². The summed E-state index contributed by atoms with van der Waals surface area (Å²) in [5.41, 5.74) is 10.8. The molecule has 4 rings (SSSR count). The van der Waals surface area contributed by atoms with Crippen molar-refractivity contribution in [3.63, 3.8) is 0 Å². The summed E-state index contributed by atoms with van der Waals surface area (Å²) in [7, 11) is 3.44. The second-order valence-electron chi connectivity index (χ2n) is 7.28. The average molecular weight is 414 g/mol. The van der Waals surface area contributed by atoms with E-state index in [2.05, 4.69) is 20.2 Å². The van der Waals surface area contributed by atoms with Crippen LogP contribution in [0.4, 0.5) is 0 Å². The molecule has 0 atom stereocenters. The van der Waals surface area contributed by atoms with Gasteiger partial charge in [-0.1, -0.05) is 24.3 Å². The summed E-state index contributed by atoms with van der Waals surface area (Å²) in [5.74, 6) is 0.640. The number of amides is 1. The summed E-state index contributed by atoms with van der Waals surface area (Å²) in [6.07, 6.45) is 1.68. The first-order valence-corrected chi connectivity index (χ1v) is 9.75. The van der Waals surface area contributed by atoms with Crippen LogP contribution in [0.25, 0.3) is 34.3 Å². The normalized spacial score (nSPS) is 10.8. The van der Waals surface area contributed by atoms with Gasteiger partial charge in [0.1, 0.15) is 5.69 Å². The molecule has 4 aromatic rings. The number of nitrogens with zero attached hydrogens (tertiary/aromatic N) is 5. The molecule has 8 nitrogen and oxygen atoms in total. The molecule has 8 heteroatoms. The molecule has 0 aliphatic carbocycles. The smallest absolute Gasteiger partial charge is 0.268 e. The third-order valence-electron chi connectivity index (χ3n) is 4.85. The second-order valence-corrected chi connectivity index (χ2v) is 7.28. The van der Waals surface area contributed by atoms with Gasteiger partial charge in [-0.05, 0) is 36.8 Å². The lowest BCUT2D eigenvalue weighted by molar-refractivity contribution is 0.0827. The van der Waals surface area contributed by atoms with Crippen molar-refractivity contribution in [2.24, 2.45) is 5.73 Å². The Bertz CT molecular complexity index is 1210. The van der Waals surface area contributed by atoms with Gasteiger partial charge in [0.25, 0.3) is 11.8 Å². The van der Waals surface area contributed by atoms with E-state index in [1.807, 2.05) is 43.3 Å². The molecule has 0 spiro atoms. The monoisotopic (exact) mass is 414 g/mol. The number of carbonyl (C=O) groups excluding carboxylic acids is 1. The molecule has 0 unspecified atom stereocenters. The Hall–Kier alpha value is -3.91. The van der Waals surface area contributed by atoms with Crippen molar-refractivity contribution < 1.29 is 9.21 Å². The van der Waals surface area contributed by atoms with Crippen LogP contribution >= 0.6 is 0 Å². The molecule has 1 amide bonds. The number of nitrogens with two attached hydrogens (primary N) is 1. The zero-order chi connectivity index (χ0) is 22.0. The van der Waals surface area contributed by atoms with Crippen LogP contribution in [0, 0.1) is 6.92 Å². The minimum absolute atomic E-state index is 0.0554. The summed E-state index contributed by atoms with van der Waals surface area (Å²) in [6.45, 7) is 2.31. The van der Waals surface area contributed by atoms with Crippen LogP contribution in [0.15, 0.2) is 59.1 Å². The number of carbonyl (C=O) groups is 1. The van der Waals surface area contributed by atoms with Crippen molar-refractivity contribution in [3.05, 3.63) is 71.5 Å². The summed E-state index contributed by atoms with van der Waals surface area (Å²) in [5, 5.41) is 8.32. The molecule has 31 heavy (non-hydrogen) atoms. The molecule has 0 fully saturated rings. The van der Waals surface area contributed by atoms with Crippen LogP contribution in [-0.2, 0) is 6.54 Å². The summed E-state index contributed by atoms with van der Waals surface area (Å²) in [6, 6.07) is 14.9. The minimum atomic E-state index is -0.0554. The van der Waals surface area contributed by atoms with E-state index in [0.29, 0.717) is 41.0 Å². The molecule has 2 heterocycles. The van der Waals surface area contributed by atoms with Crippen molar-refractivity contribution >= 4 is 5.91 Å². The van der Waals surface area contributed by atoms with Crippen molar-refractivity contribution in [1.29, 1.82) is 0 Å². The molecule has 2 N–H and O–H groups in total. The highest BCUT2D eigenvalue weighted by Gasteiger charge is 2.16. The number of aromatic nitrogens is 4. The fourth-order valence-corrected chi connectivity index (χ4v) is 3.05. The van der Waals surface area contributed by atoms with Crippen molar-refractivity contribution in [2.45, 2.75) is 13.5 Å². The van der Waals surface area contributed by atoms with Crippen LogP contribution in [-0.4, -0.2) is 45.1 Å². The van der Waals surface area contributed by atoms with E-state index in [1.165, 1.54) is 4.90 Å². The molecule has 0 bridgehead atoms. The largest absolute Gasteiger partial charge is 0.415 e. The molecule has 156 valence electrons. The Morgan fingerprint density at radius 2 is 1.61 bits per heavy atom. The van der Waals surface area contributed by atoms with Crippen LogP contribution < -0.4 is 5.73 Å². The first kappa shape index (κ1) is 20.4. The van der Waals surface area contributed by atoms with Crippen LogP contribution in [0.1, 0.15) is 21.6 Å². The molecule has 0 aliphatic heterocycles. The van der Waals surface area contributed by atoms with Gasteiger partial charge in [0.15, 0.2) is 0 Å². The molecule has 0 radical (unpaired) electrons. The topological polar surface area (TPSA) is 111 Å². The van der Waals surface area contributed by atoms with E-state index < -0.39 is 0 Å². The number of rotatable bonds is 5. The maximum atomic E-state index is 12.1. The van der Waals surface area contributed by atoms with Crippen molar-refractivity contribution in [3.8, 4) is 34.3 Å². The van der Waals surface area contributed by atoms with E-state index in [4.69, 9.17) is 10.2 Å². The Morgan fingerprint density at radius 3 is 2.26 bits per heavy atom. The van der Waals surface area contributed by atoms with Gasteiger partial charge in [-0.2, -0.15) is 0 Å². The van der Waals surface area contributed by atoms with Gasteiger partial charge in [-0.3, -0.25) is 9.78 Å². The number of hydrogen-bond acceptors (Lipinski definition) is 7. The first-order chi connectivity index (χ1) is 15.0. The van der Waals surface area contributed by atoms with E-state index in [1.54, 1.807) is 32.4 Å². The SMILES string of the molecule is Cc1ncc(-c2ccc(C(=O)N(C)C)cc2)nc1-c1nnc(-c2ccc(CN)cc2)o1. The van der Waals surface area contributed by atoms with E-state index in [9.17, 15) is 4.79 Å². The van der Waals surface area contributed by atoms with Gasteiger partial charge in [0.05, 0.1) is 17.6 Å². The Labute approximate surface area is 179 Å². The summed E-state index contributed by atoms with van der Waals surface area (Å²) in [4.78, 5) is 22.8. The standard InChI is InChI=1S/C23H22N6O2/c1-14-20(22-28-27-21(31-22)17-6-4-15(12-24)5-7-17)26-19(13-25-14)16-8-10-18(11-9-16)23(30)29(2)3/h4-11,13H,12,24H2,1-3H3. The molecule has 0 saturated carbocycles. The van der Waals surface area contributed by atoms with Crippen LogP contribution in [0.3, 0.4) is 0 Å². The van der Waals surface area contributed by atoms with Gasteiger partial charge >= 0.3 is 0 Å². The Kier molecular flexibility index (Phi) is 5.55. The average Bonchev–Trinajstić information content (AvgIpc) is 3.29. The van der Waals surface area contributed by atoms with E-state index in [-0.39, 0.29) is 5.91 Å². The zero-order valence-electron chi connectivity index (χ0n) is 17.5. The predicted octanol–water partition coefficient (Wildman–Crippen LogP) is 3.33. The molecule has 0 aliphatic rings. The second kappa shape index (κ2) is 8.45. The predicted molar refractivity (Wildman–Crippen MR) is 117 cm³/mol. The number of hydrogen-bond donors (Lipinski definition) is 1. The summed E-state index contributed by atoms with van der Waals surface area (Å²) < 4.78 is 5.87. The maximum Gasteiger partial charge on any atom is 0.268 e. The highest BCUT2D eigenvalue weighted by molar-refractivity contribution is 5.94. The Balaban J connectivity index is 1.64. The van der Waals surface area contributed by atoms with Gasteiger partial charge in [0.2, 0.25) is 5.89 Å². The van der Waals surface area contributed by atoms with E-state index >= 15 is 0 Å². The third kappa shape index (κ3) is 4.19. The molecular formula is C23H22N6O2. The molecule has 2 aromatic carbocycles. The first-order valence-electron chi connectivity index (χ1n) is 9.75. The molecule has 0 saturated heterocycles. The quantitative estimate of drug-likeness (QED) is 0.533. The fourth-order valence-electron chi connectivity index (χ4n) is 3.05. The van der Waals surface area contributed by atoms with E-state index in [0.717, 1.165) is 16.7 Å². The zero-order valence-corrected chi connectivity index (χ0v) is 17.5. The lowest BCUT2D eigenvalue weighted by Crippen LogP contribution is -2.21. The highest BCUT2D eigenvalue weighted by atomic mass is 16.4. The van der Waals surface area contributed by atoms with Crippen molar-refractivity contribution in [1.82, 2.24) is 25.1 Å². The third-order valence-corrected chi connectivity index (χ3v) is 4.85. The lowest BCUT2D eigenvalue weighted by Gasteiger charge is -2.10. The Morgan fingerprint density at radius 1 is 0.968 bits per heavy atom. The molecular weight excluding hydrogens is 392 g/mol. The van der Waals surface area contributed by atoms with Crippen LogP contribution in [0.2, 0.25) is 0 Å².